The number of rotatable bonds is 7. The van der Waals surface area contributed by atoms with E-state index in [1.807, 2.05) is 24.3 Å². The number of methoxy groups -OCH3 is 1. The highest BCUT2D eigenvalue weighted by Crippen LogP contribution is 2.35. The normalized spacial score (nSPS) is 16.6. The zero-order valence-corrected chi connectivity index (χ0v) is 18.7. The molecule has 0 saturated carbocycles. The number of anilines is 3. The molecule has 2 atom stereocenters. The van der Waals surface area contributed by atoms with Gasteiger partial charge in [-0.05, 0) is 35.7 Å². The molecule has 170 valence electrons. The average Bonchev–Trinajstić information content (AvgIpc) is 3.12. The predicted molar refractivity (Wildman–Crippen MR) is 124 cm³/mol. The number of aromatic nitrogens is 2. The van der Waals surface area contributed by atoms with Crippen LogP contribution in [0.2, 0.25) is 5.02 Å². The van der Waals surface area contributed by atoms with Crippen molar-refractivity contribution in [2.24, 2.45) is 0 Å². The van der Waals surface area contributed by atoms with E-state index in [0.717, 1.165) is 11.1 Å². The van der Waals surface area contributed by atoms with Crippen molar-refractivity contribution in [3.8, 4) is 5.75 Å². The molecule has 1 aliphatic carbocycles. The van der Waals surface area contributed by atoms with Gasteiger partial charge in [0.25, 0.3) is 0 Å². The lowest BCUT2D eigenvalue weighted by Gasteiger charge is -2.23. The smallest absolute Gasteiger partial charge is 0.335 e. The number of carboxylic acid groups (broad SMARTS) is 1. The van der Waals surface area contributed by atoms with Crippen molar-refractivity contribution in [3.05, 3.63) is 70.4 Å². The highest BCUT2D eigenvalue weighted by atomic mass is 35.5. The van der Waals surface area contributed by atoms with Crippen LogP contribution in [0.15, 0.2) is 48.7 Å². The summed E-state index contributed by atoms with van der Waals surface area (Å²) < 4.78 is 5.29. The van der Waals surface area contributed by atoms with Gasteiger partial charge in [0, 0.05) is 6.92 Å². The molecule has 0 fully saturated rings. The monoisotopic (exact) mass is 467 g/mol. The second kappa shape index (κ2) is 9.33. The first-order valence-corrected chi connectivity index (χ1v) is 10.6. The van der Waals surface area contributed by atoms with E-state index < -0.39 is 5.97 Å². The molecule has 0 radical (unpaired) electrons. The Hall–Kier alpha value is -3.85. The molecular weight excluding hydrogens is 446 g/mol. The topological polar surface area (TPSA) is 125 Å². The van der Waals surface area contributed by atoms with Gasteiger partial charge in [-0.2, -0.15) is 4.98 Å². The van der Waals surface area contributed by atoms with E-state index in [1.54, 1.807) is 6.07 Å². The number of aromatic carboxylic acids is 1. The van der Waals surface area contributed by atoms with E-state index in [9.17, 15) is 14.7 Å². The van der Waals surface area contributed by atoms with Crippen molar-refractivity contribution in [2.75, 3.05) is 17.7 Å². The van der Waals surface area contributed by atoms with Crippen molar-refractivity contribution in [1.82, 2.24) is 15.3 Å². The zero-order valence-electron chi connectivity index (χ0n) is 17.9. The summed E-state index contributed by atoms with van der Waals surface area (Å²) in [6.45, 7) is 1.49. The van der Waals surface area contributed by atoms with Gasteiger partial charge in [-0.15, -0.1) is 0 Å². The maximum absolute atomic E-state index is 11.8. The van der Waals surface area contributed by atoms with E-state index >= 15 is 0 Å². The number of nitrogens with one attached hydrogen (secondary N) is 3. The summed E-state index contributed by atoms with van der Waals surface area (Å²) in [5.41, 5.74) is 2.79. The fourth-order valence-corrected chi connectivity index (χ4v) is 4.02. The van der Waals surface area contributed by atoms with Crippen LogP contribution in [0.4, 0.5) is 17.5 Å². The quantitative estimate of drug-likeness (QED) is 0.413. The largest absolute Gasteiger partial charge is 0.495 e. The Morgan fingerprint density at radius 3 is 2.73 bits per heavy atom. The Bertz CT molecular complexity index is 1220. The number of halogens is 1. The SMILES string of the molecule is COc1cc(C(=O)O)ccc1Nc1ncc(Cl)c(NC2Cc3ccccc3C2NC(C)=O)n1. The van der Waals surface area contributed by atoms with Gasteiger partial charge in [-0.25, -0.2) is 9.78 Å². The number of hydrogen-bond donors (Lipinski definition) is 4. The summed E-state index contributed by atoms with van der Waals surface area (Å²) in [5, 5.41) is 18.9. The fraction of sp³-hybridized carbons (Fsp3) is 0.217. The first-order chi connectivity index (χ1) is 15.9. The second-order valence-corrected chi connectivity index (χ2v) is 7.97. The van der Waals surface area contributed by atoms with E-state index in [1.165, 1.54) is 32.4 Å². The van der Waals surface area contributed by atoms with Crippen LogP contribution < -0.4 is 20.7 Å². The minimum absolute atomic E-state index is 0.0987. The van der Waals surface area contributed by atoms with Crippen molar-refractivity contribution in [1.29, 1.82) is 0 Å². The third-order valence-electron chi connectivity index (χ3n) is 5.35. The van der Waals surface area contributed by atoms with Crippen LogP contribution in [-0.4, -0.2) is 40.1 Å². The van der Waals surface area contributed by atoms with Crippen LogP contribution in [0.1, 0.15) is 34.5 Å². The number of fused-ring (bicyclic) bond motifs is 1. The molecular formula is C23H22ClN5O4. The van der Waals surface area contributed by atoms with Crippen LogP contribution in [0.3, 0.4) is 0 Å². The number of nitrogens with zero attached hydrogens (tertiary/aromatic N) is 2. The van der Waals surface area contributed by atoms with E-state index in [-0.39, 0.29) is 29.5 Å². The summed E-state index contributed by atoms with van der Waals surface area (Å²) in [5.74, 6) is -0.199. The molecule has 4 rings (SSSR count). The maximum Gasteiger partial charge on any atom is 0.335 e. The molecule has 33 heavy (non-hydrogen) atoms. The Kier molecular flexibility index (Phi) is 6.32. The fourth-order valence-electron chi connectivity index (χ4n) is 3.88. The average molecular weight is 468 g/mol. The van der Waals surface area contributed by atoms with Crippen LogP contribution >= 0.6 is 11.6 Å². The van der Waals surface area contributed by atoms with E-state index in [0.29, 0.717) is 28.7 Å². The third kappa shape index (κ3) is 4.83. The molecule has 0 bridgehead atoms. The summed E-state index contributed by atoms with van der Waals surface area (Å²) in [6, 6.07) is 12.0. The van der Waals surface area contributed by atoms with Crippen molar-refractivity contribution in [2.45, 2.75) is 25.4 Å². The van der Waals surface area contributed by atoms with Crippen molar-refractivity contribution >= 4 is 40.9 Å². The molecule has 0 saturated heterocycles. The summed E-state index contributed by atoms with van der Waals surface area (Å²) >= 11 is 6.36. The Morgan fingerprint density at radius 2 is 2.00 bits per heavy atom. The Morgan fingerprint density at radius 1 is 1.21 bits per heavy atom. The number of amides is 1. The Labute approximate surface area is 195 Å². The first kappa shape index (κ1) is 22.3. The molecule has 9 nitrogen and oxygen atoms in total. The van der Waals surface area contributed by atoms with E-state index in [2.05, 4.69) is 25.9 Å². The predicted octanol–water partition coefficient (Wildman–Crippen LogP) is 3.79. The van der Waals surface area contributed by atoms with Gasteiger partial charge in [0.05, 0.1) is 36.6 Å². The van der Waals surface area contributed by atoms with Gasteiger partial charge in [0.2, 0.25) is 11.9 Å². The number of carbonyl (C=O) groups is 2. The molecule has 0 aliphatic heterocycles. The molecule has 0 spiro atoms. The number of ether oxygens (including phenoxy) is 1. The van der Waals surface area contributed by atoms with Gasteiger partial charge in [0.15, 0.2) is 5.82 Å². The zero-order chi connectivity index (χ0) is 23.5. The molecule has 1 aromatic heterocycles. The minimum atomic E-state index is -1.06. The third-order valence-corrected chi connectivity index (χ3v) is 5.63. The molecule has 1 amide bonds. The first-order valence-electron chi connectivity index (χ1n) is 10.2. The highest BCUT2D eigenvalue weighted by molar-refractivity contribution is 6.32. The molecule has 1 aliphatic rings. The number of carboxylic acids is 1. The van der Waals surface area contributed by atoms with Gasteiger partial charge >= 0.3 is 5.97 Å². The van der Waals surface area contributed by atoms with Crippen LogP contribution in [0.5, 0.6) is 5.75 Å². The molecule has 10 heteroatoms. The van der Waals surface area contributed by atoms with Gasteiger partial charge < -0.3 is 25.8 Å². The standard InChI is InChI=1S/C23H22ClN5O4/c1-12(30)26-20-15-6-4-3-5-13(15)9-18(20)27-21-16(24)11-25-23(29-21)28-17-8-7-14(22(31)32)10-19(17)33-2/h3-8,10-11,18,20H,9H2,1-2H3,(H,26,30)(H,31,32)(H2,25,27,28,29). The molecule has 3 aromatic rings. The minimum Gasteiger partial charge on any atom is -0.495 e. The number of benzene rings is 2. The lowest BCUT2D eigenvalue weighted by Crippen LogP contribution is -2.37. The molecule has 4 N–H and O–H groups in total. The van der Waals surface area contributed by atoms with Gasteiger partial charge in [0.1, 0.15) is 10.8 Å². The van der Waals surface area contributed by atoms with Crippen molar-refractivity contribution in [3.63, 3.8) is 0 Å². The summed E-state index contributed by atoms with van der Waals surface area (Å²) in [7, 11) is 1.45. The van der Waals surface area contributed by atoms with E-state index in [4.69, 9.17) is 16.3 Å². The lowest BCUT2D eigenvalue weighted by molar-refractivity contribution is -0.119. The van der Waals surface area contributed by atoms with Gasteiger partial charge in [-0.3, -0.25) is 4.79 Å². The van der Waals surface area contributed by atoms with Crippen LogP contribution in [0.25, 0.3) is 0 Å². The van der Waals surface area contributed by atoms with Gasteiger partial charge in [-0.1, -0.05) is 35.9 Å². The van der Waals surface area contributed by atoms with Crippen LogP contribution in [-0.2, 0) is 11.2 Å². The number of hydrogen-bond acceptors (Lipinski definition) is 7. The van der Waals surface area contributed by atoms with Crippen LogP contribution in [0, 0.1) is 0 Å². The Balaban J connectivity index is 1.58. The summed E-state index contributed by atoms with van der Waals surface area (Å²) in [6.07, 6.45) is 2.15. The molecule has 2 unspecified atom stereocenters. The lowest BCUT2D eigenvalue weighted by atomic mass is 10.1. The van der Waals surface area contributed by atoms with Crippen molar-refractivity contribution < 1.29 is 19.4 Å². The number of carbonyl (C=O) groups excluding carboxylic acids is 1. The second-order valence-electron chi connectivity index (χ2n) is 7.57. The maximum atomic E-state index is 11.8. The molecule has 1 heterocycles. The highest BCUT2D eigenvalue weighted by Gasteiger charge is 2.33. The molecule has 2 aromatic carbocycles. The summed E-state index contributed by atoms with van der Waals surface area (Å²) in [4.78, 5) is 31.7.